The van der Waals surface area contributed by atoms with Gasteiger partial charge in [0, 0.05) is 0 Å². The fourth-order valence-electron chi connectivity index (χ4n) is 3.08. The molecule has 0 aliphatic carbocycles. The molecule has 0 atom stereocenters. The monoisotopic (exact) mass is 408 g/mol. The van der Waals surface area contributed by atoms with Crippen LogP contribution in [0.3, 0.4) is 0 Å². The molecule has 2 heteroatoms. The van der Waals surface area contributed by atoms with Gasteiger partial charge in [0.25, 0.3) is 0 Å². The van der Waals surface area contributed by atoms with Gasteiger partial charge in [-0.15, -0.1) is 0 Å². The number of carbonyl (C=O) groups excluding carboxylic acids is 1. The average Bonchev–Trinajstić information content (AvgIpc) is 2.68. The SMILES string of the molecule is CC(C)=CCC/C(C)=C/CC/C(C)=C/CC/C(C)=C/COC(=O)Cc1ccccc1. The largest absolute Gasteiger partial charge is 0.461 e. The van der Waals surface area contributed by atoms with E-state index in [1.165, 1.54) is 22.3 Å². The lowest BCUT2D eigenvalue weighted by Gasteiger charge is -2.04. The van der Waals surface area contributed by atoms with E-state index < -0.39 is 0 Å². The van der Waals surface area contributed by atoms with Crippen molar-refractivity contribution in [2.24, 2.45) is 0 Å². The van der Waals surface area contributed by atoms with Gasteiger partial charge in [-0.2, -0.15) is 0 Å². The number of hydrogen-bond donors (Lipinski definition) is 0. The van der Waals surface area contributed by atoms with Crippen molar-refractivity contribution < 1.29 is 9.53 Å². The Hall–Kier alpha value is -2.35. The molecule has 164 valence electrons. The van der Waals surface area contributed by atoms with Crippen LogP contribution in [0.1, 0.15) is 78.7 Å². The molecule has 0 saturated carbocycles. The Morgan fingerprint density at radius 3 is 1.77 bits per heavy atom. The first-order valence-electron chi connectivity index (χ1n) is 11.2. The highest BCUT2D eigenvalue weighted by Crippen LogP contribution is 2.13. The number of ether oxygens (including phenoxy) is 1. The van der Waals surface area contributed by atoms with Crippen LogP contribution in [0.5, 0.6) is 0 Å². The van der Waals surface area contributed by atoms with Gasteiger partial charge in [-0.25, -0.2) is 0 Å². The summed E-state index contributed by atoms with van der Waals surface area (Å²) in [5.41, 5.74) is 6.59. The van der Waals surface area contributed by atoms with Crippen molar-refractivity contribution in [2.75, 3.05) is 6.61 Å². The van der Waals surface area contributed by atoms with Crippen LogP contribution in [0.2, 0.25) is 0 Å². The molecule has 0 aromatic heterocycles. The molecule has 0 aliphatic rings. The Morgan fingerprint density at radius 1 is 0.733 bits per heavy atom. The predicted octanol–water partition coefficient (Wildman–Crippen LogP) is 7.92. The highest BCUT2D eigenvalue weighted by molar-refractivity contribution is 5.72. The fourth-order valence-corrected chi connectivity index (χ4v) is 3.08. The van der Waals surface area contributed by atoms with Crippen LogP contribution in [0.15, 0.2) is 76.9 Å². The van der Waals surface area contributed by atoms with E-state index in [2.05, 4.69) is 52.8 Å². The smallest absolute Gasteiger partial charge is 0.310 e. The summed E-state index contributed by atoms with van der Waals surface area (Å²) in [6.07, 6.45) is 16.0. The van der Waals surface area contributed by atoms with Gasteiger partial charge < -0.3 is 4.74 Å². The first kappa shape index (κ1) is 25.7. The second-order valence-corrected chi connectivity index (χ2v) is 8.39. The van der Waals surface area contributed by atoms with Crippen molar-refractivity contribution in [3.63, 3.8) is 0 Å². The van der Waals surface area contributed by atoms with Gasteiger partial charge >= 0.3 is 5.97 Å². The Labute approximate surface area is 184 Å². The minimum atomic E-state index is -0.176. The van der Waals surface area contributed by atoms with Gasteiger partial charge in [-0.3, -0.25) is 4.79 Å². The Balaban J connectivity index is 2.21. The minimum Gasteiger partial charge on any atom is -0.461 e. The van der Waals surface area contributed by atoms with E-state index in [-0.39, 0.29) is 5.97 Å². The zero-order valence-corrected chi connectivity index (χ0v) is 19.7. The molecule has 30 heavy (non-hydrogen) atoms. The molecule has 0 unspecified atom stereocenters. The maximum Gasteiger partial charge on any atom is 0.310 e. The summed E-state index contributed by atoms with van der Waals surface area (Å²) in [5, 5.41) is 0. The molecule has 2 nitrogen and oxygen atoms in total. The van der Waals surface area contributed by atoms with Gasteiger partial charge in [-0.1, -0.05) is 70.9 Å². The maximum absolute atomic E-state index is 11.9. The zero-order valence-electron chi connectivity index (χ0n) is 19.7. The van der Waals surface area contributed by atoms with Crippen molar-refractivity contribution in [3.8, 4) is 0 Å². The van der Waals surface area contributed by atoms with E-state index in [0.717, 1.165) is 44.1 Å². The highest BCUT2D eigenvalue weighted by Gasteiger charge is 2.03. The van der Waals surface area contributed by atoms with Crippen LogP contribution in [0, 0.1) is 0 Å². The third kappa shape index (κ3) is 13.8. The molecule has 0 radical (unpaired) electrons. The van der Waals surface area contributed by atoms with Crippen molar-refractivity contribution in [2.45, 2.75) is 79.6 Å². The zero-order chi connectivity index (χ0) is 22.2. The summed E-state index contributed by atoms with van der Waals surface area (Å²) in [6.45, 7) is 11.2. The lowest BCUT2D eigenvalue weighted by atomic mass is 10.0. The van der Waals surface area contributed by atoms with Crippen molar-refractivity contribution in [1.29, 1.82) is 0 Å². The Morgan fingerprint density at radius 2 is 1.23 bits per heavy atom. The van der Waals surface area contributed by atoms with Crippen molar-refractivity contribution in [1.82, 2.24) is 0 Å². The first-order valence-corrected chi connectivity index (χ1v) is 11.2. The number of hydrogen-bond acceptors (Lipinski definition) is 2. The lowest BCUT2D eigenvalue weighted by Crippen LogP contribution is -2.08. The fraction of sp³-hybridized carbons (Fsp3) is 0.464. The molecule has 0 fully saturated rings. The topological polar surface area (TPSA) is 26.3 Å². The van der Waals surface area contributed by atoms with Gasteiger partial charge in [-0.05, 0) is 84.8 Å². The lowest BCUT2D eigenvalue weighted by molar-refractivity contribution is -0.141. The molecule has 0 N–H and O–H groups in total. The molecule has 0 saturated heterocycles. The van der Waals surface area contributed by atoms with Crippen molar-refractivity contribution in [3.05, 3.63) is 82.5 Å². The normalized spacial score (nSPS) is 12.6. The number of allylic oxidation sites excluding steroid dienone is 7. The van der Waals surface area contributed by atoms with E-state index in [1.807, 2.05) is 36.4 Å². The van der Waals surface area contributed by atoms with Crippen LogP contribution in [0.25, 0.3) is 0 Å². The van der Waals surface area contributed by atoms with Crippen LogP contribution in [0.4, 0.5) is 0 Å². The summed E-state index contributed by atoms with van der Waals surface area (Å²) >= 11 is 0. The number of benzene rings is 1. The quantitative estimate of drug-likeness (QED) is 0.245. The summed E-state index contributed by atoms with van der Waals surface area (Å²) in [7, 11) is 0. The average molecular weight is 409 g/mol. The summed E-state index contributed by atoms with van der Waals surface area (Å²) in [4.78, 5) is 11.9. The standard InChI is InChI=1S/C28H40O2/c1-23(2)12-9-13-24(3)14-10-15-25(4)16-11-17-26(5)20-21-30-28(29)22-27-18-7-6-8-19-27/h6-8,12,14,16,18-20H,9-11,13,15,17,21-22H2,1-5H3/b24-14+,25-16+,26-20+. The minimum absolute atomic E-state index is 0.176. The molecule has 0 heterocycles. The maximum atomic E-state index is 11.9. The molecule has 0 spiro atoms. The first-order chi connectivity index (χ1) is 14.4. The van der Waals surface area contributed by atoms with E-state index in [4.69, 9.17) is 4.74 Å². The van der Waals surface area contributed by atoms with Gasteiger partial charge in [0.1, 0.15) is 6.61 Å². The third-order valence-electron chi connectivity index (χ3n) is 5.02. The number of rotatable bonds is 13. The van der Waals surface area contributed by atoms with Crippen LogP contribution < -0.4 is 0 Å². The van der Waals surface area contributed by atoms with E-state index >= 15 is 0 Å². The van der Waals surface area contributed by atoms with Crippen LogP contribution in [-0.2, 0) is 16.0 Å². The highest BCUT2D eigenvalue weighted by atomic mass is 16.5. The van der Waals surface area contributed by atoms with E-state index in [1.54, 1.807) is 0 Å². The molecular weight excluding hydrogens is 368 g/mol. The summed E-state index contributed by atoms with van der Waals surface area (Å²) < 4.78 is 5.32. The molecule has 0 bridgehead atoms. The van der Waals surface area contributed by atoms with Gasteiger partial charge in [0.05, 0.1) is 6.42 Å². The van der Waals surface area contributed by atoms with E-state index in [0.29, 0.717) is 13.0 Å². The summed E-state index contributed by atoms with van der Waals surface area (Å²) in [5.74, 6) is -0.176. The molecule has 1 aromatic carbocycles. The summed E-state index contributed by atoms with van der Waals surface area (Å²) in [6, 6.07) is 9.71. The van der Waals surface area contributed by atoms with Crippen LogP contribution in [-0.4, -0.2) is 12.6 Å². The van der Waals surface area contributed by atoms with E-state index in [9.17, 15) is 4.79 Å². The number of carbonyl (C=O) groups is 1. The Kier molecular flexibility index (Phi) is 13.3. The molecule has 1 aromatic rings. The van der Waals surface area contributed by atoms with Gasteiger partial charge in [0.2, 0.25) is 0 Å². The second kappa shape index (κ2) is 15.5. The Bertz CT molecular complexity index is 744. The van der Waals surface area contributed by atoms with Crippen molar-refractivity contribution >= 4 is 5.97 Å². The molecule has 0 amide bonds. The van der Waals surface area contributed by atoms with Gasteiger partial charge in [0.15, 0.2) is 0 Å². The molecule has 0 aliphatic heterocycles. The molecule has 1 rings (SSSR count). The predicted molar refractivity (Wildman–Crippen MR) is 130 cm³/mol. The third-order valence-corrected chi connectivity index (χ3v) is 5.02. The number of esters is 1. The second-order valence-electron chi connectivity index (χ2n) is 8.39. The molecular formula is C28H40O2. The van der Waals surface area contributed by atoms with Crippen LogP contribution >= 0.6 is 0 Å².